The summed E-state index contributed by atoms with van der Waals surface area (Å²) in [5.41, 5.74) is 2.09. The van der Waals surface area contributed by atoms with Crippen LogP contribution in [-0.2, 0) is 25.5 Å². The zero-order valence-corrected chi connectivity index (χ0v) is 16.1. The molecule has 2 heterocycles. The first-order valence-electron chi connectivity index (χ1n) is 8.70. The zero-order valence-electron chi connectivity index (χ0n) is 16.1. The summed E-state index contributed by atoms with van der Waals surface area (Å²) < 4.78 is 11.2. The van der Waals surface area contributed by atoms with Gasteiger partial charge in [0.15, 0.2) is 12.4 Å². The van der Waals surface area contributed by atoms with Crippen molar-refractivity contribution in [2.45, 2.75) is 20.3 Å². The summed E-state index contributed by atoms with van der Waals surface area (Å²) in [4.78, 5) is 44.3. The molecule has 0 atom stereocenters. The van der Waals surface area contributed by atoms with Gasteiger partial charge in [0.1, 0.15) is 6.42 Å². The van der Waals surface area contributed by atoms with E-state index in [9.17, 15) is 14.4 Å². The van der Waals surface area contributed by atoms with Gasteiger partial charge in [-0.15, -0.1) is 5.10 Å². The maximum absolute atomic E-state index is 12.1. The first-order chi connectivity index (χ1) is 13.9. The lowest BCUT2D eigenvalue weighted by atomic mass is 10.2. The number of methoxy groups -OCH3 is 1. The minimum atomic E-state index is -0.660. The Labute approximate surface area is 165 Å². The van der Waals surface area contributed by atoms with Gasteiger partial charge in [-0.05, 0) is 32.0 Å². The number of esters is 2. The molecule has 10 heteroatoms. The normalized spacial score (nSPS) is 10.6. The first kappa shape index (κ1) is 19.9. The van der Waals surface area contributed by atoms with Crippen LogP contribution >= 0.6 is 0 Å². The number of carbonyl (C=O) groups excluding carboxylic acids is 3. The molecule has 150 valence electrons. The third-order valence-electron chi connectivity index (χ3n) is 3.94. The quantitative estimate of drug-likeness (QED) is 0.616. The Kier molecular flexibility index (Phi) is 5.82. The molecule has 0 saturated heterocycles. The molecule has 10 nitrogen and oxygen atoms in total. The number of rotatable bonds is 6. The second kappa shape index (κ2) is 8.46. The number of benzene rings is 1. The number of ether oxygens (including phenoxy) is 2. The monoisotopic (exact) mass is 397 g/mol. The summed E-state index contributed by atoms with van der Waals surface area (Å²) in [6.45, 7) is 3.18. The van der Waals surface area contributed by atoms with Gasteiger partial charge in [0.2, 0.25) is 0 Å². The van der Waals surface area contributed by atoms with Gasteiger partial charge in [-0.1, -0.05) is 12.1 Å². The smallest absolute Gasteiger partial charge is 0.339 e. The summed E-state index contributed by atoms with van der Waals surface area (Å²) in [5, 5.41) is 6.74. The standard InChI is InChI=1S/C19H19N5O5/c1-11-8-12(2)24-19(20-11)22-15(23-24)9-17(26)29-10-16(25)21-14-7-5-4-6-13(14)18(27)28-3/h4-8H,9-10H2,1-3H3,(H,21,25). The number of para-hydroxylation sites is 1. The summed E-state index contributed by atoms with van der Waals surface area (Å²) in [6, 6.07) is 8.20. The van der Waals surface area contributed by atoms with Gasteiger partial charge in [-0.25, -0.2) is 14.3 Å². The van der Waals surface area contributed by atoms with E-state index >= 15 is 0 Å². The minimum absolute atomic E-state index is 0.196. The lowest BCUT2D eigenvalue weighted by Gasteiger charge is -2.09. The van der Waals surface area contributed by atoms with E-state index < -0.39 is 24.5 Å². The molecule has 0 fully saturated rings. The third kappa shape index (κ3) is 4.72. The van der Waals surface area contributed by atoms with Crippen molar-refractivity contribution in [3.8, 4) is 0 Å². The van der Waals surface area contributed by atoms with Gasteiger partial charge >= 0.3 is 11.9 Å². The Balaban J connectivity index is 1.58. The molecule has 1 N–H and O–H groups in total. The largest absolute Gasteiger partial charge is 0.465 e. The average molecular weight is 397 g/mol. The highest BCUT2D eigenvalue weighted by atomic mass is 16.5. The number of fused-ring (bicyclic) bond motifs is 1. The minimum Gasteiger partial charge on any atom is -0.465 e. The topological polar surface area (TPSA) is 125 Å². The van der Waals surface area contributed by atoms with E-state index in [2.05, 4.69) is 25.1 Å². The molecule has 0 saturated carbocycles. The summed E-state index contributed by atoms with van der Waals surface area (Å²) in [6.07, 6.45) is -0.201. The Bertz CT molecular complexity index is 1090. The third-order valence-corrected chi connectivity index (χ3v) is 3.94. The van der Waals surface area contributed by atoms with Crippen molar-refractivity contribution in [1.82, 2.24) is 19.6 Å². The lowest BCUT2D eigenvalue weighted by molar-refractivity contribution is -0.146. The highest BCUT2D eigenvalue weighted by Gasteiger charge is 2.16. The van der Waals surface area contributed by atoms with Gasteiger partial charge in [0.25, 0.3) is 11.7 Å². The van der Waals surface area contributed by atoms with Crippen molar-refractivity contribution < 1.29 is 23.9 Å². The number of hydrogen-bond donors (Lipinski definition) is 1. The molecular weight excluding hydrogens is 378 g/mol. The number of nitrogens with one attached hydrogen (secondary N) is 1. The van der Waals surface area contributed by atoms with Crippen LogP contribution in [0.2, 0.25) is 0 Å². The van der Waals surface area contributed by atoms with Crippen molar-refractivity contribution in [3.05, 3.63) is 53.1 Å². The number of nitrogens with zero attached hydrogens (tertiary/aromatic N) is 4. The second-order valence-electron chi connectivity index (χ2n) is 6.20. The van der Waals surface area contributed by atoms with Crippen LogP contribution < -0.4 is 5.32 Å². The molecule has 0 spiro atoms. The van der Waals surface area contributed by atoms with E-state index in [-0.39, 0.29) is 23.5 Å². The summed E-state index contributed by atoms with van der Waals surface area (Å²) in [7, 11) is 1.24. The Morgan fingerprint density at radius 2 is 1.90 bits per heavy atom. The molecule has 2 aromatic heterocycles. The van der Waals surface area contributed by atoms with Gasteiger partial charge in [0, 0.05) is 11.4 Å². The first-order valence-corrected chi connectivity index (χ1v) is 8.70. The maximum Gasteiger partial charge on any atom is 0.339 e. The fourth-order valence-electron chi connectivity index (χ4n) is 2.68. The van der Waals surface area contributed by atoms with E-state index in [0.717, 1.165) is 11.4 Å². The van der Waals surface area contributed by atoms with Crippen LogP contribution in [0.1, 0.15) is 27.6 Å². The van der Waals surface area contributed by atoms with Crippen LogP contribution in [0, 0.1) is 13.8 Å². The van der Waals surface area contributed by atoms with Crippen molar-refractivity contribution >= 4 is 29.3 Å². The molecule has 0 aliphatic heterocycles. The van der Waals surface area contributed by atoms with Crippen molar-refractivity contribution in [1.29, 1.82) is 0 Å². The molecule has 0 radical (unpaired) electrons. The molecule has 3 rings (SSSR count). The molecule has 29 heavy (non-hydrogen) atoms. The van der Waals surface area contributed by atoms with Gasteiger partial charge in [-0.2, -0.15) is 4.98 Å². The predicted octanol–water partition coefficient (Wildman–Crippen LogP) is 1.25. The molecule has 0 unspecified atom stereocenters. The maximum atomic E-state index is 12.1. The summed E-state index contributed by atoms with van der Waals surface area (Å²) in [5.74, 6) is -1.21. The number of hydrogen-bond acceptors (Lipinski definition) is 8. The van der Waals surface area contributed by atoms with Crippen LogP contribution in [0.3, 0.4) is 0 Å². The number of anilines is 1. The Hall–Kier alpha value is -3.82. The second-order valence-corrected chi connectivity index (χ2v) is 6.20. The molecule has 3 aromatic rings. The number of aromatic nitrogens is 4. The van der Waals surface area contributed by atoms with Crippen LogP contribution in [0.15, 0.2) is 30.3 Å². The zero-order chi connectivity index (χ0) is 21.0. The van der Waals surface area contributed by atoms with E-state index in [4.69, 9.17) is 4.74 Å². The fourth-order valence-corrected chi connectivity index (χ4v) is 2.68. The van der Waals surface area contributed by atoms with Crippen molar-refractivity contribution in [2.75, 3.05) is 19.0 Å². The number of aryl methyl sites for hydroxylation is 2. The van der Waals surface area contributed by atoms with Crippen LogP contribution in [0.25, 0.3) is 5.78 Å². The van der Waals surface area contributed by atoms with Crippen molar-refractivity contribution in [3.63, 3.8) is 0 Å². The van der Waals surface area contributed by atoms with E-state index in [1.54, 1.807) is 18.2 Å². The molecule has 0 aliphatic carbocycles. The molecular formula is C19H19N5O5. The fraction of sp³-hybridized carbons (Fsp3) is 0.263. The Morgan fingerprint density at radius 3 is 2.66 bits per heavy atom. The van der Waals surface area contributed by atoms with Crippen LogP contribution in [-0.4, -0.2) is 51.1 Å². The highest BCUT2D eigenvalue weighted by Crippen LogP contribution is 2.16. The average Bonchev–Trinajstić information content (AvgIpc) is 3.08. The molecule has 1 amide bonds. The molecule has 0 aliphatic rings. The Morgan fingerprint density at radius 1 is 1.14 bits per heavy atom. The number of carbonyl (C=O) groups is 3. The lowest BCUT2D eigenvalue weighted by Crippen LogP contribution is -2.23. The van der Waals surface area contributed by atoms with E-state index in [1.165, 1.54) is 17.7 Å². The van der Waals surface area contributed by atoms with Gasteiger partial charge in [-0.3, -0.25) is 9.59 Å². The predicted molar refractivity (Wildman–Crippen MR) is 101 cm³/mol. The van der Waals surface area contributed by atoms with E-state index in [0.29, 0.717) is 5.78 Å². The highest BCUT2D eigenvalue weighted by molar-refractivity contribution is 6.01. The number of amides is 1. The van der Waals surface area contributed by atoms with E-state index in [1.807, 2.05) is 19.9 Å². The van der Waals surface area contributed by atoms with Gasteiger partial charge < -0.3 is 14.8 Å². The SMILES string of the molecule is COC(=O)c1ccccc1NC(=O)COC(=O)Cc1nc2nc(C)cc(C)n2n1. The van der Waals surface area contributed by atoms with Crippen molar-refractivity contribution in [2.24, 2.45) is 0 Å². The summed E-state index contributed by atoms with van der Waals surface area (Å²) >= 11 is 0. The molecule has 0 bridgehead atoms. The van der Waals surface area contributed by atoms with Crippen LogP contribution in [0.4, 0.5) is 5.69 Å². The van der Waals surface area contributed by atoms with Gasteiger partial charge in [0.05, 0.1) is 18.4 Å². The molecule has 1 aromatic carbocycles. The van der Waals surface area contributed by atoms with Crippen LogP contribution in [0.5, 0.6) is 0 Å².